The van der Waals surface area contributed by atoms with Gasteiger partial charge >= 0.3 is 137 Å². The van der Waals surface area contributed by atoms with Gasteiger partial charge in [0.2, 0.25) is 0 Å². The molecule has 0 aromatic heterocycles. The van der Waals surface area contributed by atoms with Gasteiger partial charge in [0.1, 0.15) is 0 Å². The average molecular weight is 784 g/mol. The monoisotopic (exact) mass is 782 g/mol. The number of allylic oxidation sites excluding steroid dienone is 2. The van der Waals surface area contributed by atoms with Crippen LogP contribution >= 0.6 is 0 Å². The summed E-state index contributed by atoms with van der Waals surface area (Å²) in [6.07, 6.45) is 2.54. The van der Waals surface area contributed by atoms with Crippen LogP contribution in [0.4, 0.5) is 26.3 Å². The molecule has 52 heavy (non-hydrogen) atoms. The Balaban J connectivity index is 0.000000151. The number of fused-ring (bicyclic) bond motifs is 5. The molecule has 3 aliphatic carbocycles. The third kappa shape index (κ3) is 7.86. The predicted octanol–water partition coefficient (Wildman–Crippen LogP) is 12.5. The van der Waals surface area contributed by atoms with Crippen LogP contribution in [-0.2, 0) is 53.8 Å². The van der Waals surface area contributed by atoms with Gasteiger partial charge in [-0.15, -0.1) is 11.6 Å². The second kappa shape index (κ2) is 13.8. The van der Waals surface area contributed by atoms with Crippen molar-refractivity contribution in [1.29, 1.82) is 0 Å². The summed E-state index contributed by atoms with van der Waals surface area (Å²) >= 11 is 0.898. The summed E-state index contributed by atoms with van der Waals surface area (Å²) in [5.41, 5.74) is 14.0. The van der Waals surface area contributed by atoms with Crippen molar-refractivity contribution in [2.24, 2.45) is 0 Å². The van der Waals surface area contributed by atoms with Crippen molar-refractivity contribution < 1.29 is 50.6 Å². The summed E-state index contributed by atoms with van der Waals surface area (Å²) in [7, 11) is 0. The molecule has 0 spiro atoms. The predicted molar refractivity (Wildman–Crippen MR) is 195 cm³/mol. The van der Waals surface area contributed by atoms with E-state index in [-0.39, 0.29) is 10.8 Å². The first kappa shape index (κ1) is 37.8. The normalized spacial score (nSPS) is 15.5. The Morgan fingerprint density at radius 3 is 1.63 bits per heavy atom. The molecule has 5 aromatic carbocycles. The number of hydrogen-bond donors (Lipinski definition) is 0. The van der Waals surface area contributed by atoms with E-state index in [1.54, 1.807) is 0 Å². The van der Waals surface area contributed by atoms with Crippen LogP contribution < -0.4 is 0 Å². The van der Waals surface area contributed by atoms with Crippen LogP contribution in [0.15, 0.2) is 97.1 Å². The molecule has 0 nitrogen and oxygen atoms in total. The molecule has 0 aliphatic heterocycles. The van der Waals surface area contributed by atoms with E-state index in [9.17, 15) is 26.3 Å². The molecule has 0 amide bonds. The molecule has 264 valence electrons. The van der Waals surface area contributed by atoms with E-state index in [0.717, 1.165) is 54.9 Å². The number of benzene rings is 4. The van der Waals surface area contributed by atoms with Gasteiger partial charge in [0.15, 0.2) is 0 Å². The molecule has 0 radical (unpaired) electrons. The van der Waals surface area contributed by atoms with Crippen LogP contribution in [0.5, 0.6) is 0 Å². The van der Waals surface area contributed by atoms with E-state index in [2.05, 4.69) is 108 Å². The van der Waals surface area contributed by atoms with Gasteiger partial charge in [0.25, 0.3) is 0 Å². The van der Waals surface area contributed by atoms with E-state index in [1.807, 2.05) is 0 Å². The Kier molecular flexibility index (Phi) is 10.0. The number of aryl methyl sites for hydroxylation is 2. The van der Waals surface area contributed by atoms with Crippen LogP contribution in [0.3, 0.4) is 0 Å². The molecular formula is C45H38F6Zr. The van der Waals surface area contributed by atoms with Gasteiger partial charge in [-0.25, -0.2) is 17.7 Å². The fourth-order valence-electron chi connectivity index (χ4n) is 6.94. The molecule has 0 saturated heterocycles. The molecule has 0 fully saturated rings. The molecule has 5 aromatic rings. The molecule has 7 heteroatoms. The second-order valence-electron chi connectivity index (χ2n) is 14.8. The van der Waals surface area contributed by atoms with Crippen LogP contribution in [0.2, 0.25) is 0 Å². The molecule has 0 bridgehead atoms. The molecule has 3 aliphatic rings. The zero-order valence-electron chi connectivity index (χ0n) is 29.9. The van der Waals surface area contributed by atoms with E-state index >= 15 is 0 Å². The van der Waals surface area contributed by atoms with E-state index in [1.165, 1.54) is 79.9 Å². The Hall–Kier alpha value is -3.96. The Bertz CT molecular complexity index is 2050. The van der Waals surface area contributed by atoms with Crippen molar-refractivity contribution >= 4 is 15.4 Å². The standard InChI is InChI=1S/C23H21.C15H8F6.C7H9.Zr/c1-22(2)7-5-14-10-18-16(12-20(14)22)9-17-13-21-15(11-19(17)18)6-8-23(21,3)4;16-14(17,18)12-5-1-10(2-6-12)9-11-3-7-13(8-4-11)15(19,20)21;1-6-3-4-7(2)5-6;/h5-7,10-13H,9H2,1-4H3;1-8H;3-5H,1-2H3;/q-1;;-1;+2. The van der Waals surface area contributed by atoms with E-state index in [4.69, 9.17) is 0 Å². The zero-order chi connectivity index (χ0) is 37.8. The number of alkyl halides is 6. The van der Waals surface area contributed by atoms with Crippen molar-refractivity contribution in [2.45, 2.75) is 71.1 Å². The van der Waals surface area contributed by atoms with Gasteiger partial charge in [0.05, 0.1) is 0 Å². The van der Waals surface area contributed by atoms with Gasteiger partial charge in [-0.05, 0) is 45.9 Å². The summed E-state index contributed by atoms with van der Waals surface area (Å²) in [6, 6.07) is 25.2. The van der Waals surface area contributed by atoms with Crippen LogP contribution in [0.25, 0.3) is 23.3 Å². The Labute approximate surface area is 316 Å². The van der Waals surface area contributed by atoms with E-state index < -0.39 is 23.5 Å². The number of hydrogen-bond acceptors (Lipinski definition) is 0. The third-order valence-corrected chi connectivity index (χ3v) is 11.3. The van der Waals surface area contributed by atoms with Gasteiger partial charge in [-0.3, -0.25) is 6.08 Å². The zero-order valence-corrected chi connectivity index (χ0v) is 32.3. The molecule has 0 saturated carbocycles. The minimum absolute atomic E-state index is 0.0472. The maximum absolute atomic E-state index is 12.5. The molecule has 0 N–H and O–H groups in total. The maximum atomic E-state index is 12.5. The van der Waals surface area contributed by atoms with Crippen LogP contribution in [0, 0.1) is 19.9 Å². The molecular weight excluding hydrogens is 746 g/mol. The first-order chi connectivity index (χ1) is 24.2. The van der Waals surface area contributed by atoms with Gasteiger partial charge < -0.3 is 0 Å². The number of rotatable bonds is 2. The van der Waals surface area contributed by atoms with Crippen LogP contribution in [0.1, 0.15) is 94.5 Å². The molecule has 0 heterocycles. The minimum atomic E-state index is -4.41. The Morgan fingerprint density at radius 2 is 1.19 bits per heavy atom. The van der Waals surface area contributed by atoms with Crippen molar-refractivity contribution in [1.82, 2.24) is 0 Å². The van der Waals surface area contributed by atoms with Gasteiger partial charge in [-0.1, -0.05) is 71.2 Å². The van der Waals surface area contributed by atoms with Crippen LogP contribution in [-0.4, -0.2) is 3.21 Å². The van der Waals surface area contributed by atoms with E-state index in [0.29, 0.717) is 14.3 Å². The summed E-state index contributed by atoms with van der Waals surface area (Å²) in [5, 5.41) is 0. The van der Waals surface area contributed by atoms with Crippen molar-refractivity contribution in [3.63, 3.8) is 0 Å². The SMILES string of the molecule is CC1(C)[C-]=Cc2cc3c(cc21)Cc1cc2c(cc1-3)C=CC2(C)C.Cc1c[cH-]c(C)c1.FC(F)(F)c1ccc([C](=[Zr+2])c2ccc(C(F)(F)F)cc2)cc1. The average Bonchev–Trinajstić information content (AvgIpc) is 3.81. The molecule has 8 rings (SSSR count). The first-order valence-corrected chi connectivity index (χ1v) is 18.2. The fourth-order valence-corrected chi connectivity index (χ4v) is 7.76. The summed E-state index contributed by atoms with van der Waals surface area (Å²) in [5.74, 6) is 0. The van der Waals surface area contributed by atoms with Gasteiger partial charge in [-0.2, -0.15) is 23.3 Å². The fraction of sp³-hybridized carbons (Fsp3) is 0.244. The van der Waals surface area contributed by atoms with Crippen molar-refractivity contribution in [2.75, 3.05) is 0 Å². The van der Waals surface area contributed by atoms with Gasteiger partial charge in [0, 0.05) is 5.41 Å². The number of halogens is 6. The first-order valence-electron chi connectivity index (χ1n) is 17.0. The summed E-state index contributed by atoms with van der Waals surface area (Å²) in [4.78, 5) is 0. The third-order valence-electron chi connectivity index (χ3n) is 9.92. The topological polar surface area (TPSA) is 0 Å². The van der Waals surface area contributed by atoms with Crippen molar-refractivity contribution in [3.8, 4) is 11.1 Å². The summed E-state index contributed by atoms with van der Waals surface area (Å²) < 4.78 is 75.6. The Morgan fingerprint density at radius 1 is 0.692 bits per heavy atom. The second-order valence-corrected chi connectivity index (χ2v) is 16.1. The molecule has 0 unspecified atom stereocenters. The van der Waals surface area contributed by atoms with Crippen molar-refractivity contribution in [3.05, 3.63) is 170 Å². The summed E-state index contributed by atoms with van der Waals surface area (Å²) in [6.45, 7) is 13.3. The molecule has 0 atom stereocenters. The quantitative estimate of drug-likeness (QED) is 0.121.